The Kier molecular flexibility index (Phi) is 3.02. The zero-order valence-corrected chi connectivity index (χ0v) is 11.3. The average molecular weight is 255 g/mol. The highest BCUT2D eigenvalue weighted by molar-refractivity contribution is 5.59. The van der Waals surface area contributed by atoms with Crippen LogP contribution in [0.15, 0.2) is 42.5 Å². The van der Waals surface area contributed by atoms with E-state index in [1.165, 1.54) is 17.2 Å². The Labute approximate surface area is 113 Å². The number of rotatable bonds is 2. The van der Waals surface area contributed by atoms with Gasteiger partial charge in [-0.25, -0.2) is 4.39 Å². The van der Waals surface area contributed by atoms with Gasteiger partial charge in [-0.1, -0.05) is 50.2 Å². The lowest BCUT2D eigenvalue weighted by atomic mass is 9.98. The van der Waals surface area contributed by atoms with Crippen molar-refractivity contribution in [2.75, 3.05) is 5.32 Å². The number of fused-ring (bicyclic) bond motifs is 1. The van der Waals surface area contributed by atoms with Crippen LogP contribution in [0, 0.1) is 5.82 Å². The fourth-order valence-electron chi connectivity index (χ4n) is 2.66. The highest BCUT2D eigenvalue weighted by Gasteiger charge is 2.24. The van der Waals surface area contributed by atoms with E-state index >= 15 is 0 Å². The van der Waals surface area contributed by atoms with E-state index in [4.69, 9.17) is 0 Å². The van der Waals surface area contributed by atoms with Crippen molar-refractivity contribution in [3.8, 4) is 0 Å². The quantitative estimate of drug-likeness (QED) is 0.823. The molecule has 1 aliphatic heterocycles. The number of benzene rings is 2. The standard InChI is InChI=1S/C17H18FN/c1-11(2)12-6-8-13(9-7-12)16-10-14-4-3-5-15(18)17(14)19-16/h3-9,11,16,19H,10H2,1-2H3. The summed E-state index contributed by atoms with van der Waals surface area (Å²) in [4.78, 5) is 0. The molecule has 1 N–H and O–H groups in total. The van der Waals surface area contributed by atoms with Crippen LogP contribution in [-0.2, 0) is 6.42 Å². The molecule has 0 saturated heterocycles. The lowest BCUT2D eigenvalue weighted by Crippen LogP contribution is -2.06. The fourth-order valence-corrected chi connectivity index (χ4v) is 2.66. The average Bonchev–Trinajstić information content (AvgIpc) is 2.84. The third-order valence-electron chi connectivity index (χ3n) is 3.85. The van der Waals surface area contributed by atoms with Gasteiger partial charge in [0.1, 0.15) is 5.82 Å². The van der Waals surface area contributed by atoms with E-state index in [0.717, 1.165) is 12.0 Å². The van der Waals surface area contributed by atoms with Gasteiger partial charge in [-0.15, -0.1) is 0 Å². The molecule has 0 amide bonds. The molecule has 0 saturated carbocycles. The molecule has 0 fully saturated rings. The van der Waals surface area contributed by atoms with E-state index in [-0.39, 0.29) is 11.9 Å². The van der Waals surface area contributed by atoms with Crippen molar-refractivity contribution in [2.24, 2.45) is 0 Å². The zero-order valence-electron chi connectivity index (χ0n) is 11.3. The number of hydrogen-bond acceptors (Lipinski definition) is 1. The van der Waals surface area contributed by atoms with Gasteiger partial charge in [-0.3, -0.25) is 0 Å². The Morgan fingerprint density at radius 3 is 2.47 bits per heavy atom. The molecular formula is C17H18FN. The molecule has 0 aliphatic carbocycles. The van der Waals surface area contributed by atoms with Crippen LogP contribution < -0.4 is 5.32 Å². The minimum Gasteiger partial charge on any atom is -0.375 e. The molecule has 1 nitrogen and oxygen atoms in total. The van der Waals surface area contributed by atoms with Crippen LogP contribution in [0.3, 0.4) is 0 Å². The summed E-state index contributed by atoms with van der Waals surface area (Å²) in [5, 5.41) is 3.29. The van der Waals surface area contributed by atoms with Crippen LogP contribution in [0.5, 0.6) is 0 Å². The maximum absolute atomic E-state index is 13.7. The van der Waals surface area contributed by atoms with Crippen LogP contribution >= 0.6 is 0 Å². The minimum absolute atomic E-state index is 0.154. The van der Waals surface area contributed by atoms with Crippen LogP contribution in [0.25, 0.3) is 0 Å². The smallest absolute Gasteiger partial charge is 0.146 e. The van der Waals surface area contributed by atoms with Crippen molar-refractivity contribution in [2.45, 2.75) is 32.2 Å². The number of para-hydroxylation sites is 1. The Morgan fingerprint density at radius 1 is 1.11 bits per heavy atom. The highest BCUT2D eigenvalue weighted by Crippen LogP contribution is 2.36. The Hall–Kier alpha value is -1.83. The summed E-state index contributed by atoms with van der Waals surface area (Å²) in [6.07, 6.45) is 0.855. The molecule has 1 atom stereocenters. The van der Waals surface area contributed by atoms with Crippen molar-refractivity contribution in [3.63, 3.8) is 0 Å². The molecule has 2 aromatic rings. The highest BCUT2D eigenvalue weighted by atomic mass is 19.1. The van der Waals surface area contributed by atoms with Gasteiger partial charge in [0.05, 0.1) is 11.7 Å². The third kappa shape index (κ3) is 2.23. The normalized spacial score (nSPS) is 17.4. The van der Waals surface area contributed by atoms with Crippen LogP contribution in [0.2, 0.25) is 0 Å². The van der Waals surface area contributed by atoms with Gasteiger partial charge in [-0.2, -0.15) is 0 Å². The lowest BCUT2D eigenvalue weighted by molar-refractivity contribution is 0.630. The summed E-state index contributed by atoms with van der Waals surface area (Å²) in [7, 11) is 0. The van der Waals surface area contributed by atoms with Crippen LogP contribution in [0.4, 0.5) is 10.1 Å². The Balaban J connectivity index is 1.85. The molecule has 19 heavy (non-hydrogen) atoms. The first kappa shape index (κ1) is 12.2. The van der Waals surface area contributed by atoms with Crippen molar-refractivity contribution in [3.05, 3.63) is 65.0 Å². The molecule has 3 rings (SSSR count). The molecule has 0 spiro atoms. The van der Waals surface area contributed by atoms with E-state index in [9.17, 15) is 4.39 Å². The first-order valence-corrected chi connectivity index (χ1v) is 6.79. The van der Waals surface area contributed by atoms with Crippen molar-refractivity contribution < 1.29 is 4.39 Å². The number of halogens is 1. The van der Waals surface area contributed by atoms with E-state index in [1.54, 1.807) is 6.07 Å². The molecule has 98 valence electrons. The summed E-state index contributed by atoms with van der Waals surface area (Å²) in [5.74, 6) is 0.388. The molecule has 1 aliphatic rings. The summed E-state index contributed by atoms with van der Waals surface area (Å²) < 4.78 is 13.7. The van der Waals surface area contributed by atoms with Gasteiger partial charge in [0, 0.05) is 0 Å². The molecule has 1 heterocycles. The predicted octanol–water partition coefficient (Wildman–Crippen LogP) is 4.66. The maximum atomic E-state index is 13.7. The molecular weight excluding hydrogens is 237 g/mol. The van der Waals surface area contributed by atoms with Gasteiger partial charge in [-0.05, 0) is 35.1 Å². The van der Waals surface area contributed by atoms with Crippen LogP contribution in [-0.4, -0.2) is 0 Å². The summed E-state index contributed by atoms with van der Waals surface area (Å²) in [6.45, 7) is 4.38. The van der Waals surface area contributed by atoms with E-state index in [2.05, 4.69) is 43.4 Å². The van der Waals surface area contributed by atoms with E-state index in [0.29, 0.717) is 11.6 Å². The molecule has 2 aromatic carbocycles. The van der Waals surface area contributed by atoms with Crippen LogP contribution in [0.1, 0.15) is 42.5 Å². The summed E-state index contributed by atoms with van der Waals surface area (Å²) in [5.41, 5.74) is 4.30. The summed E-state index contributed by atoms with van der Waals surface area (Å²) in [6, 6.07) is 14.1. The largest absolute Gasteiger partial charge is 0.375 e. The topological polar surface area (TPSA) is 12.0 Å². The molecule has 0 bridgehead atoms. The lowest BCUT2D eigenvalue weighted by Gasteiger charge is -2.13. The van der Waals surface area contributed by atoms with Crippen molar-refractivity contribution in [1.82, 2.24) is 0 Å². The van der Waals surface area contributed by atoms with E-state index < -0.39 is 0 Å². The zero-order chi connectivity index (χ0) is 13.4. The number of nitrogens with one attached hydrogen (secondary N) is 1. The number of anilines is 1. The second kappa shape index (κ2) is 4.69. The monoisotopic (exact) mass is 255 g/mol. The SMILES string of the molecule is CC(C)c1ccc(C2Cc3cccc(F)c3N2)cc1. The van der Waals surface area contributed by atoms with Gasteiger partial charge >= 0.3 is 0 Å². The molecule has 0 aromatic heterocycles. The second-order valence-electron chi connectivity index (χ2n) is 5.50. The second-order valence-corrected chi connectivity index (χ2v) is 5.50. The van der Waals surface area contributed by atoms with Gasteiger partial charge < -0.3 is 5.32 Å². The predicted molar refractivity (Wildman–Crippen MR) is 77.0 cm³/mol. The third-order valence-corrected chi connectivity index (χ3v) is 3.85. The van der Waals surface area contributed by atoms with Crippen molar-refractivity contribution >= 4 is 5.69 Å². The minimum atomic E-state index is -0.154. The molecule has 2 heteroatoms. The maximum Gasteiger partial charge on any atom is 0.146 e. The van der Waals surface area contributed by atoms with Gasteiger partial charge in [0.25, 0.3) is 0 Å². The summed E-state index contributed by atoms with van der Waals surface area (Å²) >= 11 is 0. The molecule has 1 unspecified atom stereocenters. The fraction of sp³-hybridized carbons (Fsp3) is 0.294. The first-order chi connectivity index (χ1) is 9.15. The van der Waals surface area contributed by atoms with E-state index in [1.807, 2.05) is 6.07 Å². The van der Waals surface area contributed by atoms with Gasteiger partial charge in [0.15, 0.2) is 0 Å². The molecule has 0 radical (unpaired) electrons. The van der Waals surface area contributed by atoms with Gasteiger partial charge in [0.2, 0.25) is 0 Å². The first-order valence-electron chi connectivity index (χ1n) is 6.79. The number of hydrogen-bond donors (Lipinski definition) is 1. The van der Waals surface area contributed by atoms with Crippen molar-refractivity contribution in [1.29, 1.82) is 0 Å². The Bertz CT molecular complexity index is 587. The Morgan fingerprint density at radius 2 is 1.84 bits per heavy atom.